The fourth-order valence-electron chi connectivity index (χ4n) is 3.73. The van der Waals surface area contributed by atoms with Crippen LogP contribution >= 0.6 is 0 Å². The summed E-state index contributed by atoms with van der Waals surface area (Å²) in [5.41, 5.74) is 0. The Kier molecular flexibility index (Phi) is 13.0. The molecule has 6 heteroatoms. The van der Waals surface area contributed by atoms with Gasteiger partial charge in [-0.15, -0.1) is 0 Å². The highest BCUT2D eigenvalue weighted by atomic mass is 28.4. The van der Waals surface area contributed by atoms with Gasteiger partial charge in [-0.05, 0) is 81.2 Å². The predicted molar refractivity (Wildman–Crippen MR) is 152 cm³/mol. The molecule has 0 aliphatic carbocycles. The second kappa shape index (κ2) is 13.7. The summed E-state index contributed by atoms with van der Waals surface area (Å²) in [6, 6.07) is 0. The highest BCUT2D eigenvalue weighted by Crippen LogP contribution is 2.39. The maximum Gasteiger partial charge on any atom is 0.192 e. The fraction of sp³-hybridized carbons (Fsp3) is 1.00. The minimum atomic E-state index is -1.83. The van der Waals surface area contributed by atoms with Crippen molar-refractivity contribution in [3.05, 3.63) is 0 Å². The SMILES string of the molecule is C[C@H](CCCCC[C@@H](CO[Si](C)(C)C(C)(C)C)O[Si](C)(C)C(C)(C)C)[C@H](C)OC1CCCCO1. The van der Waals surface area contributed by atoms with Crippen LogP contribution in [0.15, 0.2) is 0 Å². The molecule has 4 atom stereocenters. The van der Waals surface area contributed by atoms with Crippen molar-refractivity contribution in [3.8, 4) is 0 Å². The molecule has 0 radical (unpaired) electrons. The largest absolute Gasteiger partial charge is 0.414 e. The Morgan fingerprint density at radius 2 is 1.41 bits per heavy atom. The Morgan fingerprint density at radius 1 is 0.824 bits per heavy atom. The Bertz CT molecular complexity index is 560. The molecular weight excluding hydrogens is 456 g/mol. The molecule has 0 saturated carbocycles. The van der Waals surface area contributed by atoms with E-state index >= 15 is 0 Å². The van der Waals surface area contributed by atoms with Crippen LogP contribution in [0.1, 0.15) is 107 Å². The van der Waals surface area contributed by atoms with E-state index in [1.165, 1.54) is 38.5 Å². The Balaban J connectivity index is 2.51. The first-order valence-electron chi connectivity index (χ1n) is 14.0. The number of unbranched alkanes of at least 4 members (excludes halogenated alkanes) is 2. The van der Waals surface area contributed by atoms with E-state index in [2.05, 4.69) is 81.6 Å². The van der Waals surface area contributed by atoms with Gasteiger partial charge < -0.3 is 18.3 Å². The fourth-order valence-corrected chi connectivity index (χ4v) is 6.14. The van der Waals surface area contributed by atoms with Gasteiger partial charge in [-0.2, -0.15) is 0 Å². The minimum Gasteiger partial charge on any atom is -0.414 e. The predicted octanol–water partition coefficient (Wildman–Crippen LogP) is 8.92. The molecule has 0 amide bonds. The van der Waals surface area contributed by atoms with E-state index in [9.17, 15) is 0 Å². The molecular formula is C28H60O4Si2. The van der Waals surface area contributed by atoms with Crippen LogP contribution in [0.3, 0.4) is 0 Å². The summed E-state index contributed by atoms with van der Waals surface area (Å²) in [5.74, 6) is 0.562. The third-order valence-corrected chi connectivity index (χ3v) is 17.7. The van der Waals surface area contributed by atoms with Crippen LogP contribution in [0.5, 0.6) is 0 Å². The first kappa shape index (κ1) is 32.3. The van der Waals surface area contributed by atoms with E-state index in [0.717, 1.165) is 26.1 Å². The normalized spacial score (nSPS) is 21.4. The zero-order chi connectivity index (χ0) is 26.2. The topological polar surface area (TPSA) is 36.9 Å². The van der Waals surface area contributed by atoms with Gasteiger partial charge in [0.05, 0.1) is 18.8 Å². The molecule has 1 aliphatic rings. The standard InChI is InChI=1S/C28H60O4Si2/c1-23(24(2)31-26-20-16-17-21-29-26)18-14-13-15-19-25(32-34(11,12)28(6,7)8)22-30-33(9,10)27(3,4)5/h23-26H,13-22H2,1-12H3/t23-,24+,25+,26?/m1/s1. The molecule has 1 rings (SSSR count). The molecule has 1 saturated heterocycles. The van der Waals surface area contributed by atoms with Crippen molar-refractivity contribution in [2.45, 2.75) is 162 Å². The zero-order valence-corrected chi connectivity index (χ0v) is 27.0. The summed E-state index contributed by atoms with van der Waals surface area (Å²) in [4.78, 5) is 0. The van der Waals surface area contributed by atoms with Crippen molar-refractivity contribution in [1.29, 1.82) is 0 Å². The molecule has 1 heterocycles. The average Bonchev–Trinajstić information content (AvgIpc) is 2.70. The molecule has 1 aliphatic heterocycles. The lowest BCUT2D eigenvalue weighted by molar-refractivity contribution is -0.193. The summed E-state index contributed by atoms with van der Waals surface area (Å²) < 4.78 is 25.4. The first-order valence-corrected chi connectivity index (χ1v) is 19.9. The molecule has 204 valence electrons. The summed E-state index contributed by atoms with van der Waals surface area (Å²) in [6.07, 6.45) is 9.92. The summed E-state index contributed by atoms with van der Waals surface area (Å²) in [7, 11) is -3.60. The lowest BCUT2D eigenvalue weighted by Gasteiger charge is -2.41. The summed E-state index contributed by atoms with van der Waals surface area (Å²) in [6.45, 7) is 29.5. The molecule has 1 unspecified atom stereocenters. The van der Waals surface area contributed by atoms with E-state index in [1.54, 1.807) is 0 Å². The number of ether oxygens (including phenoxy) is 2. The van der Waals surface area contributed by atoms with Crippen molar-refractivity contribution >= 4 is 16.6 Å². The quantitative estimate of drug-likeness (QED) is 0.170. The van der Waals surface area contributed by atoms with Gasteiger partial charge >= 0.3 is 0 Å². The third kappa shape index (κ3) is 11.1. The highest BCUT2D eigenvalue weighted by Gasteiger charge is 2.41. The van der Waals surface area contributed by atoms with Crippen LogP contribution < -0.4 is 0 Å². The van der Waals surface area contributed by atoms with E-state index < -0.39 is 16.6 Å². The maximum atomic E-state index is 6.86. The van der Waals surface area contributed by atoms with Crippen LogP contribution in [0.25, 0.3) is 0 Å². The molecule has 34 heavy (non-hydrogen) atoms. The third-order valence-electron chi connectivity index (χ3n) is 8.69. The van der Waals surface area contributed by atoms with Crippen LogP contribution in [0.2, 0.25) is 36.3 Å². The van der Waals surface area contributed by atoms with Gasteiger partial charge in [0.15, 0.2) is 22.9 Å². The molecule has 4 nitrogen and oxygen atoms in total. The van der Waals surface area contributed by atoms with Crippen molar-refractivity contribution < 1.29 is 18.3 Å². The Morgan fingerprint density at radius 3 is 1.94 bits per heavy atom. The van der Waals surface area contributed by atoms with E-state index in [-0.39, 0.29) is 28.6 Å². The van der Waals surface area contributed by atoms with Crippen molar-refractivity contribution in [1.82, 2.24) is 0 Å². The minimum absolute atomic E-state index is 0.0142. The Labute approximate surface area is 215 Å². The molecule has 0 aromatic heterocycles. The van der Waals surface area contributed by atoms with Gasteiger partial charge in [-0.1, -0.05) is 67.7 Å². The summed E-state index contributed by atoms with van der Waals surface area (Å²) in [5, 5.41) is 0.446. The average molecular weight is 517 g/mol. The summed E-state index contributed by atoms with van der Waals surface area (Å²) >= 11 is 0. The van der Waals surface area contributed by atoms with Gasteiger partial charge in [-0.3, -0.25) is 0 Å². The second-order valence-electron chi connectivity index (χ2n) is 13.8. The maximum absolute atomic E-state index is 6.86. The molecule has 0 aromatic carbocycles. The van der Waals surface area contributed by atoms with Crippen LogP contribution in [-0.2, 0) is 18.3 Å². The lowest BCUT2D eigenvalue weighted by atomic mass is 9.97. The van der Waals surface area contributed by atoms with E-state index in [1.807, 2.05) is 0 Å². The van der Waals surface area contributed by atoms with Crippen molar-refractivity contribution in [2.75, 3.05) is 13.2 Å². The molecule has 0 N–H and O–H groups in total. The van der Waals surface area contributed by atoms with Crippen LogP contribution in [0, 0.1) is 5.92 Å². The molecule has 1 fully saturated rings. The number of rotatable bonds is 14. The van der Waals surface area contributed by atoms with Gasteiger partial charge in [0.2, 0.25) is 0 Å². The molecule has 0 aromatic rings. The van der Waals surface area contributed by atoms with Crippen molar-refractivity contribution in [3.63, 3.8) is 0 Å². The molecule has 0 spiro atoms. The zero-order valence-electron chi connectivity index (χ0n) is 25.0. The molecule has 0 bridgehead atoms. The monoisotopic (exact) mass is 516 g/mol. The first-order chi connectivity index (χ1) is 15.5. The van der Waals surface area contributed by atoms with Crippen molar-refractivity contribution in [2.24, 2.45) is 5.92 Å². The van der Waals surface area contributed by atoms with Crippen LogP contribution in [0.4, 0.5) is 0 Å². The van der Waals surface area contributed by atoms with Gasteiger partial charge in [-0.25, -0.2) is 0 Å². The van der Waals surface area contributed by atoms with Crippen LogP contribution in [-0.4, -0.2) is 48.3 Å². The van der Waals surface area contributed by atoms with E-state index in [0.29, 0.717) is 5.92 Å². The Hall–Kier alpha value is 0.274. The van der Waals surface area contributed by atoms with E-state index in [4.69, 9.17) is 18.3 Å². The smallest absolute Gasteiger partial charge is 0.192 e. The second-order valence-corrected chi connectivity index (χ2v) is 23.4. The van der Waals surface area contributed by atoms with Gasteiger partial charge in [0.25, 0.3) is 0 Å². The highest BCUT2D eigenvalue weighted by molar-refractivity contribution is 6.74. The lowest BCUT2D eigenvalue weighted by Crippen LogP contribution is -2.47. The van der Waals surface area contributed by atoms with Gasteiger partial charge in [0, 0.05) is 6.61 Å². The number of hydrogen-bond acceptors (Lipinski definition) is 4. The number of hydrogen-bond donors (Lipinski definition) is 0. The van der Waals surface area contributed by atoms with Gasteiger partial charge in [0.1, 0.15) is 0 Å².